The first-order chi connectivity index (χ1) is 8.58. The topological polar surface area (TPSA) is 62.2 Å². The van der Waals surface area contributed by atoms with E-state index in [1.807, 2.05) is 0 Å². The Morgan fingerprint density at radius 1 is 1.39 bits per heavy atom. The van der Waals surface area contributed by atoms with Gasteiger partial charge in [-0.05, 0) is 46.3 Å². The number of phenolic OH excluding ortho intramolecular Hbond substituents is 1. The summed E-state index contributed by atoms with van der Waals surface area (Å²) < 4.78 is 0.659. The number of anilines is 1. The summed E-state index contributed by atoms with van der Waals surface area (Å²) in [5, 5.41) is 12.6. The molecule has 1 amide bonds. The summed E-state index contributed by atoms with van der Waals surface area (Å²) in [5.74, 6) is -0.243. The third-order valence-corrected chi connectivity index (χ3v) is 3.07. The van der Waals surface area contributed by atoms with Crippen LogP contribution in [0.2, 0.25) is 5.02 Å². The van der Waals surface area contributed by atoms with Gasteiger partial charge in [0.05, 0.1) is 10.0 Å². The molecular formula is C12H8BrClN2O2. The zero-order valence-electron chi connectivity index (χ0n) is 9.02. The number of rotatable bonds is 2. The molecule has 0 bridgehead atoms. The number of carbonyl (C=O) groups is 1. The van der Waals surface area contributed by atoms with E-state index in [4.69, 9.17) is 11.6 Å². The lowest BCUT2D eigenvalue weighted by Crippen LogP contribution is -2.13. The van der Waals surface area contributed by atoms with Crippen LogP contribution >= 0.6 is 27.5 Å². The molecule has 4 nitrogen and oxygen atoms in total. The SMILES string of the molecule is O=C(Nc1ncccc1Br)c1ccc(Cl)cc1O. The maximum atomic E-state index is 11.9. The van der Waals surface area contributed by atoms with Crippen molar-refractivity contribution in [1.82, 2.24) is 4.98 Å². The zero-order valence-corrected chi connectivity index (χ0v) is 11.4. The van der Waals surface area contributed by atoms with E-state index >= 15 is 0 Å². The lowest BCUT2D eigenvalue weighted by molar-refractivity contribution is 0.102. The van der Waals surface area contributed by atoms with E-state index in [0.717, 1.165) is 0 Å². The fourth-order valence-electron chi connectivity index (χ4n) is 1.35. The summed E-state index contributed by atoms with van der Waals surface area (Å²) in [6, 6.07) is 7.78. The first kappa shape index (κ1) is 12.9. The minimum absolute atomic E-state index is 0.136. The molecule has 0 fully saturated rings. The molecule has 0 aliphatic carbocycles. The van der Waals surface area contributed by atoms with E-state index in [1.165, 1.54) is 18.2 Å². The molecule has 0 radical (unpaired) electrons. The first-order valence-corrected chi connectivity index (χ1v) is 6.15. The number of hydrogen-bond acceptors (Lipinski definition) is 3. The zero-order chi connectivity index (χ0) is 13.1. The summed E-state index contributed by atoms with van der Waals surface area (Å²) in [6.07, 6.45) is 1.56. The third kappa shape index (κ3) is 2.80. The Morgan fingerprint density at radius 2 is 2.17 bits per heavy atom. The summed E-state index contributed by atoms with van der Waals surface area (Å²) in [5.41, 5.74) is 0.136. The number of benzene rings is 1. The van der Waals surface area contributed by atoms with E-state index in [0.29, 0.717) is 15.3 Å². The Hall–Kier alpha value is -1.59. The smallest absolute Gasteiger partial charge is 0.260 e. The van der Waals surface area contributed by atoms with Crippen LogP contribution in [-0.4, -0.2) is 16.0 Å². The van der Waals surface area contributed by atoms with E-state index in [9.17, 15) is 9.90 Å². The molecule has 2 rings (SSSR count). The maximum Gasteiger partial charge on any atom is 0.260 e. The number of carbonyl (C=O) groups excluding carboxylic acids is 1. The molecule has 2 N–H and O–H groups in total. The minimum Gasteiger partial charge on any atom is -0.507 e. The van der Waals surface area contributed by atoms with Crippen molar-refractivity contribution >= 4 is 39.3 Å². The highest BCUT2D eigenvalue weighted by atomic mass is 79.9. The average molecular weight is 328 g/mol. The Morgan fingerprint density at radius 3 is 2.83 bits per heavy atom. The van der Waals surface area contributed by atoms with Gasteiger partial charge in [0.1, 0.15) is 11.6 Å². The lowest BCUT2D eigenvalue weighted by atomic mass is 10.2. The maximum absolute atomic E-state index is 11.9. The van der Waals surface area contributed by atoms with Crippen molar-refractivity contribution in [3.05, 3.63) is 51.6 Å². The second-order valence-corrected chi connectivity index (χ2v) is 4.74. The van der Waals surface area contributed by atoms with Crippen LogP contribution in [0.15, 0.2) is 41.0 Å². The Bertz CT molecular complexity index is 604. The first-order valence-electron chi connectivity index (χ1n) is 4.98. The van der Waals surface area contributed by atoms with Gasteiger partial charge in [-0.1, -0.05) is 11.6 Å². The highest BCUT2D eigenvalue weighted by Crippen LogP contribution is 2.24. The molecule has 0 unspecified atom stereocenters. The molecule has 0 aliphatic heterocycles. The van der Waals surface area contributed by atoms with Crippen LogP contribution < -0.4 is 5.32 Å². The monoisotopic (exact) mass is 326 g/mol. The molecule has 18 heavy (non-hydrogen) atoms. The largest absolute Gasteiger partial charge is 0.507 e. The number of hydrogen-bond donors (Lipinski definition) is 2. The van der Waals surface area contributed by atoms with Crippen molar-refractivity contribution in [3.8, 4) is 5.75 Å². The molecule has 0 spiro atoms. The Balaban J connectivity index is 2.25. The summed E-state index contributed by atoms with van der Waals surface area (Å²) in [7, 11) is 0. The fraction of sp³-hybridized carbons (Fsp3) is 0. The lowest BCUT2D eigenvalue weighted by Gasteiger charge is -2.07. The van der Waals surface area contributed by atoms with Crippen LogP contribution in [0, 0.1) is 0 Å². The average Bonchev–Trinajstić information content (AvgIpc) is 2.32. The Labute approximate surface area is 117 Å². The van der Waals surface area contributed by atoms with Crippen LogP contribution in [0.3, 0.4) is 0 Å². The predicted octanol–water partition coefficient (Wildman–Crippen LogP) is 3.46. The van der Waals surface area contributed by atoms with Crippen molar-refractivity contribution in [2.24, 2.45) is 0 Å². The molecule has 0 aliphatic rings. The number of amides is 1. The highest BCUT2D eigenvalue weighted by Gasteiger charge is 2.13. The van der Waals surface area contributed by atoms with Gasteiger partial charge in [-0.15, -0.1) is 0 Å². The molecule has 1 heterocycles. The van der Waals surface area contributed by atoms with Crippen LogP contribution in [0.4, 0.5) is 5.82 Å². The van der Waals surface area contributed by atoms with Gasteiger partial charge >= 0.3 is 0 Å². The van der Waals surface area contributed by atoms with Gasteiger partial charge < -0.3 is 10.4 Å². The molecular weight excluding hydrogens is 320 g/mol. The number of aromatic nitrogens is 1. The number of pyridine rings is 1. The van der Waals surface area contributed by atoms with Crippen LogP contribution in [0.5, 0.6) is 5.75 Å². The van der Waals surface area contributed by atoms with Gasteiger partial charge in [0, 0.05) is 11.2 Å². The molecule has 0 saturated heterocycles. The van der Waals surface area contributed by atoms with Gasteiger partial charge in [-0.2, -0.15) is 0 Å². The van der Waals surface area contributed by atoms with Gasteiger partial charge in [0.2, 0.25) is 0 Å². The standard InChI is InChI=1S/C12H8BrClN2O2/c13-9-2-1-5-15-11(9)16-12(18)8-4-3-7(14)6-10(8)17/h1-6,17H,(H,15,16,18). The molecule has 1 aromatic heterocycles. The Kier molecular flexibility index (Phi) is 3.84. The summed E-state index contributed by atoms with van der Waals surface area (Å²) >= 11 is 8.96. The summed E-state index contributed by atoms with van der Waals surface area (Å²) in [6.45, 7) is 0. The van der Waals surface area contributed by atoms with E-state index in [1.54, 1.807) is 18.3 Å². The number of halogens is 2. The molecule has 6 heteroatoms. The van der Waals surface area contributed by atoms with Crippen molar-refractivity contribution in [2.45, 2.75) is 0 Å². The molecule has 2 aromatic rings. The molecule has 0 saturated carbocycles. The van der Waals surface area contributed by atoms with E-state index in [2.05, 4.69) is 26.2 Å². The van der Waals surface area contributed by atoms with Crippen molar-refractivity contribution in [3.63, 3.8) is 0 Å². The molecule has 1 aromatic carbocycles. The van der Waals surface area contributed by atoms with Crippen LogP contribution in [0.1, 0.15) is 10.4 Å². The van der Waals surface area contributed by atoms with Crippen molar-refractivity contribution < 1.29 is 9.90 Å². The van der Waals surface area contributed by atoms with Crippen molar-refractivity contribution in [1.29, 1.82) is 0 Å². The van der Waals surface area contributed by atoms with Gasteiger partial charge in [0.15, 0.2) is 0 Å². The quantitative estimate of drug-likeness (QED) is 0.888. The third-order valence-electron chi connectivity index (χ3n) is 2.19. The van der Waals surface area contributed by atoms with Gasteiger partial charge in [-0.3, -0.25) is 4.79 Å². The number of nitrogens with zero attached hydrogens (tertiary/aromatic N) is 1. The van der Waals surface area contributed by atoms with Crippen molar-refractivity contribution in [2.75, 3.05) is 5.32 Å². The number of nitrogens with one attached hydrogen (secondary N) is 1. The van der Waals surface area contributed by atoms with E-state index in [-0.39, 0.29) is 11.3 Å². The predicted molar refractivity (Wildman–Crippen MR) is 73.0 cm³/mol. The fourth-order valence-corrected chi connectivity index (χ4v) is 1.87. The second-order valence-electron chi connectivity index (χ2n) is 3.45. The highest BCUT2D eigenvalue weighted by molar-refractivity contribution is 9.10. The number of aromatic hydroxyl groups is 1. The molecule has 0 atom stereocenters. The van der Waals surface area contributed by atoms with Crippen LogP contribution in [0.25, 0.3) is 0 Å². The van der Waals surface area contributed by atoms with Gasteiger partial charge in [0.25, 0.3) is 5.91 Å². The second kappa shape index (κ2) is 5.37. The minimum atomic E-state index is -0.455. The normalized spacial score (nSPS) is 10.1. The summed E-state index contributed by atoms with van der Waals surface area (Å²) in [4.78, 5) is 15.9. The van der Waals surface area contributed by atoms with Crippen LogP contribution in [-0.2, 0) is 0 Å². The molecule has 92 valence electrons. The van der Waals surface area contributed by atoms with E-state index < -0.39 is 5.91 Å². The number of phenols is 1. The van der Waals surface area contributed by atoms with Gasteiger partial charge in [-0.25, -0.2) is 4.98 Å².